The van der Waals surface area contributed by atoms with Crippen LogP contribution < -0.4 is 15.2 Å². The standard InChI is InChI=1S/C11H13NO3.ClH/c1-14-7-2-3-8-10(6-7)15-5-4-9(12)11(8)13;/h2-3,6,9H,4-5,12H2,1H3;1H. The summed E-state index contributed by atoms with van der Waals surface area (Å²) >= 11 is 0. The van der Waals surface area contributed by atoms with Crippen molar-refractivity contribution >= 4 is 18.2 Å². The van der Waals surface area contributed by atoms with E-state index in [0.29, 0.717) is 30.1 Å². The molecule has 4 nitrogen and oxygen atoms in total. The smallest absolute Gasteiger partial charge is 0.183 e. The Kier molecular flexibility index (Phi) is 4.15. The van der Waals surface area contributed by atoms with Gasteiger partial charge in [-0.15, -0.1) is 12.4 Å². The number of hydrogen-bond acceptors (Lipinski definition) is 4. The van der Waals surface area contributed by atoms with E-state index in [1.165, 1.54) is 0 Å². The fourth-order valence-corrected chi connectivity index (χ4v) is 1.58. The molecule has 1 unspecified atom stereocenters. The minimum absolute atomic E-state index is 0. The van der Waals surface area contributed by atoms with E-state index >= 15 is 0 Å². The first kappa shape index (κ1) is 12.8. The van der Waals surface area contributed by atoms with Gasteiger partial charge in [0.05, 0.1) is 25.3 Å². The molecule has 1 aromatic carbocycles. The van der Waals surface area contributed by atoms with E-state index < -0.39 is 6.04 Å². The molecule has 1 aliphatic heterocycles. The third-order valence-electron chi connectivity index (χ3n) is 2.48. The van der Waals surface area contributed by atoms with Crippen molar-refractivity contribution in [1.82, 2.24) is 0 Å². The SMILES string of the molecule is COc1ccc2c(c1)OCCC(N)C2=O.Cl. The number of benzene rings is 1. The molecule has 0 bridgehead atoms. The first-order valence-electron chi connectivity index (χ1n) is 4.83. The number of ketones is 1. The monoisotopic (exact) mass is 243 g/mol. The lowest BCUT2D eigenvalue weighted by atomic mass is 10.0. The van der Waals surface area contributed by atoms with Gasteiger partial charge in [0.2, 0.25) is 0 Å². The van der Waals surface area contributed by atoms with Crippen molar-refractivity contribution in [1.29, 1.82) is 0 Å². The maximum Gasteiger partial charge on any atom is 0.183 e. The van der Waals surface area contributed by atoms with Crippen LogP contribution in [-0.4, -0.2) is 25.5 Å². The zero-order chi connectivity index (χ0) is 10.8. The fraction of sp³-hybridized carbons (Fsp3) is 0.364. The van der Waals surface area contributed by atoms with E-state index in [2.05, 4.69) is 0 Å². The van der Waals surface area contributed by atoms with E-state index in [9.17, 15) is 4.79 Å². The van der Waals surface area contributed by atoms with Crippen LogP contribution in [0, 0.1) is 0 Å². The lowest BCUT2D eigenvalue weighted by Gasteiger charge is -2.08. The fourth-order valence-electron chi connectivity index (χ4n) is 1.58. The second kappa shape index (κ2) is 5.18. The van der Waals surface area contributed by atoms with Crippen LogP contribution in [0.25, 0.3) is 0 Å². The molecule has 1 heterocycles. The average molecular weight is 244 g/mol. The van der Waals surface area contributed by atoms with Crippen LogP contribution in [0.2, 0.25) is 0 Å². The summed E-state index contributed by atoms with van der Waals surface area (Å²) in [5, 5.41) is 0. The van der Waals surface area contributed by atoms with Crippen LogP contribution in [0.1, 0.15) is 16.8 Å². The molecule has 0 radical (unpaired) electrons. The third-order valence-corrected chi connectivity index (χ3v) is 2.48. The molecule has 16 heavy (non-hydrogen) atoms. The van der Waals surface area contributed by atoms with Crippen LogP contribution in [0.3, 0.4) is 0 Å². The number of halogens is 1. The van der Waals surface area contributed by atoms with Gasteiger partial charge in [-0.3, -0.25) is 4.79 Å². The van der Waals surface area contributed by atoms with Gasteiger partial charge in [-0.2, -0.15) is 0 Å². The Balaban J connectivity index is 0.00000128. The number of hydrogen-bond donors (Lipinski definition) is 1. The van der Waals surface area contributed by atoms with E-state index in [0.717, 1.165) is 0 Å². The topological polar surface area (TPSA) is 61.6 Å². The van der Waals surface area contributed by atoms with E-state index in [-0.39, 0.29) is 18.2 Å². The van der Waals surface area contributed by atoms with E-state index in [1.54, 1.807) is 25.3 Å². The van der Waals surface area contributed by atoms with Gasteiger partial charge in [0.15, 0.2) is 5.78 Å². The molecule has 0 aromatic heterocycles. The molecule has 0 fully saturated rings. The third kappa shape index (κ3) is 2.28. The maximum absolute atomic E-state index is 11.8. The number of methoxy groups -OCH3 is 1. The Morgan fingerprint density at radius 3 is 2.94 bits per heavy atom. The minimum Gasteiger partial charge on any atom is -0.497 e. The largest absolute Gasteiger partial charge is 0.497 e. The molecule has 2 rings (SSSR count). The van der Waals surface area contributed by atoms with Crippen molar-refractivity contribution in [3.8, 4) is 11.5 Å². The van der Waals surface area contributed by atoms with Crippen molar-refractivity contribution in [3.63, 3.8) is 0 Å². The van der Waals surface area contributed by atoms with Crippen molar-refractivity contribution in [2.75, 3.05) is 13.7 Å². The molecule has 1 aromatic rings. The quantitative estimate of drug-likeness (QED) is 0.810. The van der Waals surface area contributed by atoms with Gasteiger partial charge in [0.1, 0.15) is 11.5 Å². The molecule has 5 heteroatoms. The lowest BCUT2D eigenvalue weighted by molar-refractivity contribution is 0.0960. The first-order valence-corrected chi connectivity index (χ1v) is 4.83. The molecule has 2 N–H and O–H groups in total. The number of ether oxygens (including phenoxy) is 2. The molecular formula is C11H14ClNO3. The summed E-state index contributed by atoms with van der Waals surface area (Å²) < 4.78 is 10.5. The zero-order valence-corrected chi connectivity index (χ0v) is 9.75. The molecule has 0 amide bonds. The highest BCUT2D eigenvalue weighted by Crippen LogP contribution is 2.28. The van der Waals surface area contributed by atoms with Crippen LogP contribution in [0.5, 0.6) is 11.5 Å². The average Bonchev–Trinajstić information content (AvgIpc) is 2.40. The number of carbonyl (C=O) groups excluding carboxylic acids is 1. The Labute approximate surface area is 100 Å². The summed E-state index contributed by atoms with van der Waals surface area (Å²) in [6.07, 6.45) is 0.551. The molecular weight excluding hydrogens is 230 g/mol. The number of carbonyl (C=O) groups is 1. The van der Waals surface area contributed by atoms with Gasteiger partial charge in [-0.25, -0.2) is 0 Å². The molecule has 1 atom stereocenters. The summed E-state index contributed by atoms with van der Waals surface area (Å²) in [6, 6.07) is 4.69. The Hall–Kier alpha value is -1.26. The Morgan fingerprint density at radius 2 is 2.25 bits per heavy atom. The van der Waals surface area contributed by atoms with Crippen molar-refractivity contribution in [2.24, 2.45) is 5.73 Å². The van der Waals surface area contributed by atoms with Gasteiger partial charge in [0.25, 0.3) is 0 Å². The van der Waals surface area contributed by atoms with Crippen molar-refractivity contribution in [3.05, 3.63) is 23.8 Å². The van der Waals surface area contributed by atoms with Gasteiger partial charge < -0.3 is 15.2 Å². The summed E-state index contributed by atoms with van der Waals surface area (Å²) in [5.74, 6) is 1.18. The molecule has 1 aliphatic rings. The molecule has 0 aliphatic carbocycles. The van der Waals surface area contributed by atoms with Gasteiger partial charge >= 0.3 is 0 Å². The minimum atomic E-state index is -0.459. The number of fused-ring (bicyclic) bond motifs is 1. The molecule has 0 saturated carbocycles. The van der Waals surface area contributed by atoms with Crippen molar-refractivity contribution in [2.45, 2.75) is 12.5 Å². The normalized spacial score (nSPS) is 18.9. The number of Topliss-reactive ketones (excluding diaryl/α,β-unsaturated/α-hetero) is 1. The second-order valence-electron chi connectivity index (χ2n) is 3.47. The lowest BCUT2D eigenvalue weighted by Crippen LogP contribution is -2.30. The van der Waals surface area contributed by atoms with Crippen LogP contribution in [0.15, 0.2) is 18.2 Å². The van der Waals surface area contributed by atoms with Crippen LogP contribution >= 0.6 is 12.4 Å². The van der Waals surface area contributed by atoms with Crippen molar-refractivity contribution < 1.29 is 14.3 Å². The van der Waals surface area contributed by atoms with Gasteiger partial charge in [-0.05, 0) is 12.1 Å². The summed E-state index contributed by atoms with van der Waals surface area (Å²) in [5.41, 5.74) is 6.25. The molecule has 0 saturated heterocycles. The molecule has 88 valence electrons. The summed E-state index contributed by atoms with van der Waals surface area (Å²) in [4.78, 5) is 11.8. The maximum atomic E-state index is 11.8. The number of nitrogens with two attached hydrogens (primary N) is 1. The highest BCUT2D eigenvalue weighted by Gasteiger charge is 2.23. The Morgan fingerprint density at radius 1 is 1.50 bits per heavy atom. The predicted molar refractivity (Wildman–Crippen MR) is 62.7 cm³/mol. The van der Waals surface area contributed by atoms with Gasteiger partial charge in [0, 0.05) is 12.5 Å². The first-order chi connectivity index (χ1) is 7.22. The Bertz CT molecular complexity index is 395. The predicted octanol–water partition coefficient (Wildman–Crippen LogP) is 1.41. The summed E-state index contributed by atoms with van der Waals surface area (Å²) in [7, 11) is 1.58. The van der Waals surface area contributed by atoms with E-state index in [4.69, 9.17) is 15.2 Å². The zero-order valence-electron chi connectivity index (χ0n) is 8.93. The summed E-state index contributed by atoms with van der Waals surface area (Å²) in [6.45, 7) is 0.465. The van der Waals surface area contributed by atoms with Crippen LogP contribution in [-0.2, 0) is 0 Å². The highest BCUT2D eigenvalue weighted by atomic mass is 35.5. The second-order valence-corrected chi connectivity index (χ2v) is 3.47. The van der Waals surface area contributed by atoms with E-state index in [1.807, 2.05) is 0 Å². The molecule has 0 spiro atoms. The highest BCUT2D eigenvalue weighted by molar-refractivity contribution is 6.02. The number of rotatable bonds is 1. The van der Waals surface area contributed by atoms with Crippen LogP contribution in [0.4, 0.5) is 0 Å². The van der Waals surface area contributed by atoms with Gasteiger partial charge in [-0.1, -0.05) is 0 Å².